The average molecular weight is 243 g/mol. The Labute approximate surface area is 95.5 Å². The molecular weight excluding hydrogens is 236 g/mol. The zero-order valence-electron chi connectivity index (χ0n) is 7.88. The summed E-state index contributed by atoms with van der Waals surface area (Å²) in [5.41, 5.74) is 0. The lowest BCUT2D eigenvalue weighted by Crippen LogP contribution is -2.10. The standard InChI is InChI=1S/C10H7ClO5/c11-6-1-3-7(4-2-6)16-8(10(14)15)5-9(12)13/h1-5H,(H,12,13)(H,14,15)/b8-5-. The summed E-state index contributed by atoms with van der Waals surface area (Å²) in [6, 6.07) is 5.86. The molecule has 1 rings (SSSR count). The molecule has 0 spiro atoms. The molecule has 0 unspecified atom stereocenters. The number of benzene rings is 1. The van der Waals surface area contributed by atoms with Gasteiger partial charge in [-0.15, -0.1) is 0 Å². The van der Waals surface area contributed by atoms with Gasteiger partial charge in [0, 0.05) is 5.02 Å². The molecule has 1 aromatic carbocycles. The van der Waals surface area contributed by atoms with Crippen molar-refractivity contribution in [3.63, 3.8) is 0 Å². The zero-order chi connectivity index (χ0) is 12.1. The first-order valence-electron chi connectivity index (χ1n) is 4.10. The summed E-state index contributed by atoms with van der Waals surface area (Å²) < 4.78 is 4.86. The van der Waals surface area contributed by atoms with E-state index in [2.05, 4.69) is 0 Å². The van der Waals surface area contributed by atoms with Crippen LogP contribution in [0, 0.1) is 0 Å². The van der Waals surface area contributed by atoms with Gasteiger partial charge in [-0.1, -0.05) is 11.6 Å². The van der Waals surface area contributed by atoms with Gasteiger partial charge in [0.15, 0.2) is 0 Å². The van der Waals surface area contributed by atoms with Gasteiger partial charge in [-0.3, -0.25) is 0 Å². The SMILES string of the molecule is O=C(O)/C=C(\Oc1ccc(Cl)cc1)C(=O)O. The molecule has 0 aliphatic carbocycles. The van der Waals surface area contributed by atoms with E-state index in [4.69, 9.17) is 26.6 Å². The number of hydrogen-bond acceptors (Lipinski definition) is 3. The average Bonchev–Trinajstić information content (AvgIpc) is 2.19. The van der Waals surface area contributed by atoms with Crippen LogP contribution in [0.2, 0.25) is 5.02 Å². The lowest BCUT2D eigenvalue weighted by Gasteiger charge is -2.04. The fourth-order valence-corrected chi connectivity index (χ4v) is 1.00. The van der Waals surface area contributed by atoms with Crippen molar-refractivity contribution < 1.29 is 24.5 Å². The van der Waals surface area contributed by atoms with Gasteiger partial charge in [-0.05, 0) is 24.3 Å². The first kappa shape index (κ1) is 12.1. The van der Waals surface area contributed by atoms with Crippen LogP contribution in [-0.2, 0) is 9.59 Å². The highest BCUT2D eigenvalue weighted by atomic mass is 35.5. The maximum absolute atomic E-state index is 10.6. The van der Waals surface area contributed by atoms with Crippen LogP contribution in [0.15, 0.2) is 36.1 Å². The molecule has 0 atom stereocenters. The fraction of sp³-hybridized carbons (Fsp3) is 0. The van der Waals surface area contributed by atoms with Crippen molar-refractivity contribution >= 4 is 23.5 Å². The number of aliphatic carboxylic acids is 2. The van der Waals surface area contributed by atoms with Crippen LogP contribution >= 0.6 is 11.6 Å². The van der Waals surface area contributed by atoms with Crippen LogP contribution in [0.4, 0.5) is 0 Å². The van der Waals surface area contributed by atoms with E-state index in [1.54, 1.807) is 0 Å². The molecule has 0 aromatic heterocycles. The maximum Gasteiger partial charge on any atom is 0.372 e. The monoisotopic (exact) mass is 242 g/mol. The van der Waals surface area contributed by atoms with Crippen molar-refractivity contribution in [3.8, 4) is 5.75 Å². The summed E-state index contributed by atoms with van der Waals surface area (Å²) in [7, 11) is 0. The smallest absolute Gasteiger partial charge is 0.372 e. The molecule has 1 aromatic rings. The van der Waals surface area contributed by atoms with Crippen LogP contribution in [0.1, 0.15) is 0 Å². The number of hydrogen-bond donors (Lipinski definition) is 2. The van der Waals surface area contributed by atoms with Crippen LogP contribution < -0.4 is 4.74 Å². The Hall–Kier alpha value is -2.01. The summed E-state index contributed by atoms with van der Waals surface area (Å²) in [5.74, 6) is -3.34. The van der Waals surface area contributed by atoms with Crippen LogP contribution in [0.5, 0.6) is 5.75 Å². The molecule has 0 amide bonds. The Morgan fingerprint density at radius 1 is 1.19 bits per heavy atom. The van der Waals surface area contributed by atoms with E-state index in [0.717, 1.165) is 0 Å². The summed E-state index contributed by atoms with van der Waals surface area (Å²) >= 11 is 5.61. The van der Waals surface area contributed by atoms with Crippen LogP contribution in [0.25, 0.3) is 0 Å². The molecule has 0 aliphatic heterocycles. The second-order valence-electron chi connectivity index (χ2n) is 2.71. The van der Waals surface area contributed by atoms with Crippen molar-refractivity contribution in [3.05, 3.63) is 41.1 Å². The fourth-order valence-electron chi connectivity index (χ4n) is 0.877. The van der Waals surface area contributed by atoms with E-state index in [0.29, 0.717) is 11.1 Å². The second kappa shape index (κ2) is 5.18. The van der Waals surface area contributed by atoms with Gasteiger partial charge in [0.2, 0.25) is 5.76 Å². The Morgan fingerprint density at radius 2 is 1.75 bits per heavy atom. The number of carboxylic acid groups (broad SMARTS) is 2. The van der Waals surface area contributed by atoms with E-state index in [9.17, 15) is 9.59 Å². The molecule has 0 aliphatic rings. The molecule has 0 saturated heterocycles. The quantitative estimate of drug-likeness (QED) is 0.621. The lowest BCUT2D eigenvalue weighted by molar-refractivity contribution is -0.137. The van der Waals surface area contributed by atoms with E-state index < -0.39 is 17.7 Å². The summed E-state index contributed by atoms with van der Waals surface area (Å²) in [4.78, 5) is 20.9. The number of rotatable bonds is 4. The van der Waals surface area contributed by atoms with Gasteiger partial charge in [0.1, 0.15) is 5.75 Å². The molecule has 16 heavy (non-hydrogen) atoms. The maximum atomic E-state index is 10.6. The zero-order valence-corrected chi connectivity index (χ0v) is 8.64. The van der Waals surface area contributed by atoms with E-state index in [1.165, 1.54) is 24.3 Å². The van der Waals surface area contributed by atoms with Crippen LogP contribution in [-0.4, -0.2) is 22.2 Å². The first-order chi connectivity index (χ1) is 7.49. The van der Waals surface area contributed by atoms with Gasteiger partial charge >= 0.3 is 11.9 Å². The Kier molecular flexibility index (Phi) is 3.90. The highest BCUT2D eigenvalue weighted by molar-refractivity contribution is 6.30. The van der Waals surface area contributed by atoms with E-state index in [1.807, 2.05) is 0 Å². The predicted molar refractivity (Wildman–Crippen MR) is 55.4 cm³/mol. The third-order valence-corrected chi connectivity index (χ3v) is 1.76. The summed E-state index contributed by atoms with van der Waals surface area (Å²) in [5, 5.41) is 17.5. The van der Waals surface area contributed by atoms with Gasteiger partial charge < -0.3 is 14.9 Å². The van der Waals surface area contributed by atoms with Gasteiger partial charge in [-0.2, -0.15) is 0 Å². The van der Waals surface area contributed by atoms with Gasteiger partial charge in [0.25, 0.3) is 0 Å². The number of carbonyl (C=O) groups is 2. The third kappa shape index (κ3) is 3.62. The Bertz CT molecular complexity index is 435. The minimum atomic E-state index is -1.46. The van der Waals surface area contributed by atoms with Crippen molar-refractivity contribution in [1.82, 2.24) is 0 Å². The minimum Gasteiger partial charge on any atom is -0.478 e. The number of ether oxygens (including phenoxy) is 1. The lowest BCUT2D eigenvalue weighted by atomic mass is 10.3. The van der Waals surface area contributed by atoms with Gasteiger partial charge in [0.05, 0.1) is 6.08 Å². The van der Waals surface area contributed by atoms with Crippen LogP contribution in [0.3, 0.4) is 0 Å². The van der Waals surface area contributed by atoms with Crippen molar-refractivity contribution in [2.45, 2.75) is 0 Å². The van der Waals surface area contributed by atoms with Crippen molar-refractivity contribution in [2.75, 3.05) is 0 Å². The van der Waals surface area contributed by atoms with E-state index in [-0.39, 0.29) is 5.75 Å². The highest BCUT2D eigenvalue weighted by Gasteiger charge is 2.12. The molecule has 6 heteroatoms. The molecule has 84 valence electrons. The van der Waals surface area contributed by atoms with Crippen molar-refractivity contribution in [1.29, 1.82) is 0 Å². The van der Waals surface area contributed by atoms with Gasteiger partial charge in [-0.25, -0.2) is 9.59 Å². The molecule has 0 saturated carbocycles. The largest absolute Gasteiger partial charge is 0.478 e. The molecule has 0 fully saturated rings. The van der Waals surface area contributed by atoms with Crippen molar-refractivity contribution in [2.24, 2.45) is 0 Å². The normalized spacial score (nSPS) is 10.9. The molecule has 0 radical (unpaired) electrons. The summed E-state index contributed by atoms with van der Waals surface area (Å²) in [6.45, 7) is 0. The molecule has 5 nitrogen and oxygen atoms in total. The molecular formula is C10H7ClO5. The number of halogens is 1. The first-order valence-corrected chi connectivity index (χ1v) is 4.48. The van der Waals surface area contributed by atoms with E-state index >= 15 is 0 Å². The third-order valence-electron chi connectivity index (χ3n) is 1.51. The highest BCUT2D eigenvalue weighted by Crippen LogP contribution is 2.17. The second-order valence-corrected chi connectivity index (χ2v) is 3.14. The molecule has 0 bridgehead atoms. The Balaban J connectivity index is 2.88. The molecule has 0 heterocycles. The topological polar surface area (TPSA) is 83.8 Å². The predicted octanol–water partition coefficient (Wildman–Crippen LogP) is 1.77. The minimum absolute atomic E-state index is 0.194. The summed E-state index contributed by atoms with van der Waals surface area (Å²) in [6.07, 6.45) is 0.469. The number of carboxylic acids is 2. The molecule has 2 N–H and O–H groups in total. The Morgan fingerprint density at radius 3 is 2.19 bits per heavy atom.